The summed E-state index contributed by atoms with van der Waals surface area (Å²) in [4.78, 5) is 1.98. The zero-order valence-electron chi connectivity index (χ0n) is 18.1. The van der Waals surface area contributed by atoms with Crippen molar-refractivity contribution in [3.63, 3.8) is 0 Å². The van der Waals surface area contributed by atoms with Crippen LogP contribution in [0.25, 0.3) is 0 Å². The minimum atomic E-state index is -0.532. The van der Waals surface area contributed by atoms with Crippen LogP contribution in [-0.2, 0) is 6.42 Å². The van der Waals surface area contributed by atoms with E-state index in [1.54, 1.807) is 24.3 Å². The van der Waals surface area contributed by atoms with Crippen LogP contribution >= 0.6 is 0 Å². The highest BCUT2D eigenvalue weighted by molar-refractivity contribution is 6.11. The van der Waals surface area contributed by atoms with Crippen molar-refractivity contribution in [2.24, 2.45) is 0 Å². The molecule has 0 saturated carbocycles. The number of benzene rings is 1. The van der Waals surface area contributed by atoms with E-state index in [0.717, 1.165) is 30.4 Å². The Morgan fingerprint density at radius 2 is 1.76 bits per heavy atom. The van der Waals surface area contributed by atoms with Crippen molar-refractivity contribution in [3.8, 4) is 5.75 Å². The van der Waals surface area contributed by atoms with Gasteiger partial charge in [-0.25, -0.2) is 0 Å². The lowest BCUT2D eigenvalue weighted by atomic mass is 9.79. The third-order valence-electron chi connectivity index (χ3n) is 6.10. The molecule has 6 nitrogen and oxygen atoms in total. The fraction of sp³-hybridized carbons (Fsp3) is 0.565. The monoisotopic (exact) mass is 398 g/mol. The Bertz CT molecular complexity index is 841. The van der Waals surface area contributed by atoms with Gasteiger partial charge in [0.15, 0.2) is 0 Å². The van der Waals surface area contributed by atoms with Crippen LogP contribution in [-0.4, -0.2) is 50.8 Å². The van der Waals surface area contributed by atoms with Gasteiger partial charge in [-0.05, 0) is 88.8 Å². The first-order chi connectivity index (χ1) is 13.4. The largest absolute Gasteiger partial charge is 0.507 e. The Kier molecular flexibility index (Phi) is 5.62. The Morgan fingerprint density at radius 3 is 2.38 bits per heavy atom. The fourth-order valence-corrected chi connectivity index (χ4v) is 4.95. The molecule has 0 aromatic heterocycles. The van der Waals surface area contributed by atoms with E-state index in [0.29, 0.717) is 17.8 Å². The predicted octanol–water partition coefficient (Wildman–Crippen LogP) is 3.51. The van der Waals surface area contributed by atoms with E-state index < -0.39 is 6.10 Å². The van der Waals surface area contributed by atoms with Gasteiger partial charge in [0, 0.05) is 29.7 Å². The van der Waals surface area contributed by atoms with Gasteiger partial charge in [-0.1, -0.05) is 0 Å². The maximum Gasteiger partial charge on any atom is 0.125 e. The van der Waals surface area contributed by atoms with Gasteiger partial charge in [-0.2, -0.15) is 0 Å². The molecule has 3 rings (SSSR count). The van der Waals surface area contributed by atoms with E-state index in [4.69, 9.17) is 10.8 Å². The smallest absolute Gasteiger partial charge is 0.125 e. The second-order valence-electron chi connectivity index (χ2n) is 9.82. The number of amidine groups is 1. The zero-order chi connectivity index (χ0) is 21.6. The van der Waals surface area contributed by atoms with Gasteiger partial charge in [-0.15, -0.1) is 0 Å². The van der Waals surface area contributed by atoms with Crippen molar-refractivity contribution in [1.82, 2.24) is 10.2 Å². The highest BCUT2D eigenvalue weighted by Crippen LogP contribution is 2.36. The number of fused-ring (bicyclic) bond motifs is 1. The first-order valence-corrected chi connectivity index (χ1v) is 10.3. The molecule has 0 bridgehead atoms. The third kappa shape index (κ3) is 4.70. The summed E-state index contributed by atoms with van der Waals surface area (Å²) < 4.78 is 0. The molecule has 1 fully saturated rings. The Labute approximate surface area is 173 Å². The van der Waals surface area contributed by atoms with E-state index in [-0.39, 0.29) is 28.6 Å². The molecule has 0 radical (unpaired) electrons. The molecule has 1 aliphatic heterocycles. The first kappa shape index (κ1) is 21.5. The van der Waals surface area contributed by atoms with Crippen LogP contribution in [0, 0.1) is 10.8 Å². The normalized spacial score (nSPS) is 23.2. The van der Waals surface area contributed by atoms with E-state index in [1.165, 1.54) is 0 Å². The number of rotatable bonds is 4. The van der Waals surface area contributed by atoms with Crippen LogP contribution in [0.15, 0.2) is 24.3 Å². The fourth-order valence-electron chi connectivity index (χ4n) is 4.95. The third-order valence-corrected chi connectivity index (χ3v) is 6.10. The van der Waals surface area contributed by atoms with Gasteiger partial charge in [-0.3, -0.25) is 5.41 Å². The number of aliphatic hydroxyl groups is 1. The molecule has 1 aliphatic carbocycles. The minimum Gasteiger partial charge on any atom is -0.507 e. The molecule has 0 amide bonds. The standard InChI is InChI=1S/C23H34N4O2/c1-22(2)12-15(13-23(3,4)26-22)27(5)21(25)9-7-18(24)17-10-14-6-8-19(28)16(14)11-20(17)29/h7,9-11,15,19,24-26,28-29H,6,8,12-13H2,1-5H3/b9-7-,24-18?,25-21?. The maximum atomic E-state index is 10.3. The lowest BCUT2D eigenvalue weighted by molar-refractivity contribution is 0.114. The quantitative estimate of drug-likeness (QED) is 0.395. The minimum absolute atomic E-state index is 0.00101. The van der Waals surface area contributed by atoms with E-state index in [9.17, 15) is 10.2 Å². The van der Waals surface area contributed by atoms with Gasteiger partial charge >= 0.3 is 0 Å². The molecule has 0 spiro atoms. The summed E-state index contributed by atoms with van der Waals surface area (Å²) >= 11 is 0. The van der Waals surface area contributed by atoms with E-state index >= 15 is 0 Å². The number of aryl methyl sites for hydroxylation is 1. The first-order valence-electron chi connectivity index (χ1n) is 10.3. The topological polar surface area (TPSA) is 103 Å². The summed E-state index contributed by atoms with van der Waals surface area (Å²) in [6.45, 7) is 8.77. The average Bonchev–Trinajstić information content (AvgIpc) is 2.95. The van der Waals surface area contributed by atoms with Gasteiger partial charge in [0.2, 0.25) is 0 Å². The Morgan fingerprint density at radius 1 is 1.14 bits per heavy atom. The number of nitrogens with one attached hydrogen (secondary N) is 3. The molecule has 2 aliphatic rings. The summed E-state index contributed by atoms with van der Waals surface area (Å²) in [6.07, 6.45) is 5.95. The van der Waals surface area contributed by atoms with Crippen molar-refractivity contribution < 1.29 is 10.2 Å². The van der Waals surface area contributed by atoms with E-state index in [1.807, 2.05) is 11.9 Å². The lowest BCUT2D eigenvalue weighted by Gasteiger charge is -2.49. The number of allylic oxidation sites excluding steroid dienone is 1. The summed E-state index contributed by atoms with van der Waals surface area (Å²) in [5, 5.41) is 40.7. The number of hydrogen-bond acceptors (Lipinski definition) is 5. The predicted molar refractivity (Wildman–Crippen MR) is 117 cm³/mol. The summed E-state index contributed by atoms with van der Waals surface area (Å²) in [5.74, 6) is 0.352. The Hall–Kier alpha value is -2.18. The average molecular weight is 399 g/mol. The lowest BCUT2D eigenvalue weighted by Crippen LogP contribution is -2.62. The molecular formula is C23H34N4O2. The molecule has 1 aromatic carbocycles. The molecule has 158 valence electrons. The summed E-state index contributed by atoms with van der Waals surface area (Å²) in [6, 6.07) is 3.60. The van der Waals surface area contributed by atoms with Crippen molar-refractivity contribution in [1.29, 1.82) is 10.8 Å². The van der Waals surface area contributed by atoms with Crippen molar-refractivity contribution in [3.05, 3.63) is 41.0 Å². The van der Waals surface area contributed by atoms with Crippen molar-refractivity contribution in [2.75, 3.05) is 7.05 Å². The van der Waals surface area contributed by atoms with Crippen LogP contribution in [0.5, 0.6) is 5.75 Å². The summed E-state index contributed by atoms with van der Waals surface area (Å²) in [5.41, 5.74) is 2.34. The molecule has 6 heteroatoms. The second kappa shape index (κ2) is 7.58. The molecule has 1 unspecified atom stereocenters. The number of likely N-dealkylation sites (N-methyl/N-ethyl adjacent to an activating group) is 1. The number of phenols is 1. The van der Waals surface area contributed by atoms with Gasteiger partial charge in [0.05, 0.1) is 11.8 Å². The molecule has 29 heavy (non-hydrogen) atoms. The molecule has 1 atom stereocenters. The number of nitrogens with zero attached hydrogens (tertiary/aromatic N) is 1. The van der Waals surface area contributed by atoms with Gasteiger partial charge in [0.1, 0.15) is 11.6 Å². The van der Waals surface area contributed by atoms with Crippen LogP contribution in [0.4, 0.5) is 0 Å². The van der Waals surface area contributed by atoms with Gasteiger partial charge in [0.25, 0.3) is 0 Å². The number of phenolic OH excluding ortho intramolecular Hbond substituents is 1. The van der Waals surface area contributed by atoms with Crippen LogP contribution in [0.3, 0.4) is 0 Å². The summed E-state index contributed by atoms with van der Waals surface area (Å²) in [7, 11) is 1.94. The van der Waals surface area contributed by atoms with Crippen molar-refractivity contribution >= 4 is 11.5 Å². The second-order valence-corrected chi connectivity index (χ2v) is 9.82. The number of aromatic hydroxyl groups is 1. The van der Waals surface area contributed by atoms with Crippen LogP contribution < -0.4 is 5.32 Å². The number of hydrogen-bond donors (Lipinski definition) is 5. The zero-order valence-corrected chi connectivity index (χ0v) is 18.1. The highest BCUT2D eigenvalue weighted by Gasteiger charge is 2.39. The SMILES string of the molecule is CN(C(=N)/C=C\C(=N)c1cc2c(cc1O)C(O)CC2)C1CC(C)(C)NC(C)(C)C1. The number of aliphatic hydroxyl groups excluding tert-OH is 1. The molecular weight excluding hydrogens is 364 g/mol. The maximum absolute atomic E-state index is 10.3. The molecule has 1 saturated heterocycles. The van der Waals surface area contributed by atoms with E-state index in [2.05, 4.69) is 33.0 Å². The highest BCUT2D eigenvalue weighted by atomic mass is 16.3. The number of piperidine rings is 1. The van der Waals surface area contributed by atoms with Crippen LogP contribution in [0.1, 0.15) is 69.8 Å². The molecule has 1 aromatic rings. The Balaban J connectivity index is 1.71. The molecule has 5 N–H and O–H groups in total. The molecule has 1 heterocycles. The van der Waals surface area contributed by atoms with Crippen LogP contribution in [0.2, 0.25) is 0 Å². The van der Waals surface area contributed by atoms with Gasteiger partial charge < -0.3 is 25.8 Å². The van der Waals surface area contributed by atoms with Crippen molar-refractivity contribution in [2.45, 2.75) is 76.6 Å².